The molecule has 0 bridgehead atoms. The zero-order valence-electron chi connectivity index (χ0n) is 8.88. The van der Waals surface area contributed by atoms with Gasteiger partial charge in [0.2, 0.25) is 0 Å². The number of amides is 1. The average molecular weight is 238 g/mol. The second kappa shape index (κ2) is 4.04. The zero-order valence-corrected chi connectivity index (χ0v) is 8.88. The fourth-order valence-corrected chi connectivity index (χ4v) is 1.81. The molecular formula is C11H11FN2O3. The first-order valence-corrected chi connectivity index (χ1v) is 5.00. The molecule has 1 aliphatic heterocycles. The topological polar surface area (TPSA) is 73.1 Å². The van der Waals surface area contributed by atoms with Crippen LogP contribution < -0.4 is 0 Å². The Morgan fingerprint density at radius 2 is 2.00 bits per heavy atom. The normalized spacial score (nSPS) is 18.1. The molecule has 0 saturated carbocycles. The minimum Gasteiger partial charge on any atom is -0.465 e. The summed E-state index contributed by atoms with van der Waals surface area (Å²) in [7, 11) is 0. The molecule has 2 N–H and O–H groups in total. The van der Waals surface area contributed by atoms with Crippen LogP contribution in [0, 0.1) is 0 Å². The Labute approximate surface area is 96.8 Å². The third kappa shape index (κ3) is 2.06. The molecule has 0 atom stereocenters. The van der Waals surface area contributed by atoms with Gasteiger partial charge in [-0.25, -0.2) is 9.18 Å². The first kappa shape index (κ1) is 11.4. The van der Waals surface area contributed by atoms with E-state index in [0.717, 1.165) is 4.90 Å². The van der Waals surface area contributed by atoms with Gasteiger partial charge in [0.1, 0.15) is 0 Å². The molecule has 17 heavy (non-hydrogen) atoms. The van der Waals surface area contributed by atoms with Gasteiger partial charge in [-0.05, 0) is 11.1 Å². The molecule has 0 unspecified atom stereocenters. The maximum absolute atomic E-state index is 14.2. The Hall–Kier alpha value is -2.11. The number of benzene rings is 1. The number of carbonyl (C=O) groups is 1. The third-order valence-corrected chi connectivity index (χ3v) is 2.79. The molecule has 0 aliphatic carbocycles. The minimum atomic E-state index is -1.60. The molecule has 0 spiro atoms. The molecule has 1 saturated heterocycles. The Morgan fingerprint density at radius 3 is 2.47 bits per heavy atom. The van der Waals surface area contributed by atoms with Gasteiger partial charge in [0.25, 0.3) is 0 Å². The van der Waals surface area contributed by atoms with Gasteiger partial charge >= 0.3 is 6.09 Å². The van der Waals surface area contributed by atoms with Gasteiger partial charge in [-0.15, -0.1) is 0 Å². The fourth-order valence-electron chi connectivity index (χ4n) is 1.81. The number of likely N-dealkylation sites (tertiary alicyclic amines) is 1. The van der Waals surface area contributed by atoms with Gasteiger partial charge < -0.3 is 15.2 Å². The highest BCUT2D eigenvalue weighted by Gasteiger charge is 2.47. The van der Waals surface area contributed by atoms with Crippen LogP contribution in [-0.4, -0.2) is 40.6 Å². The smallest absolute Gasteiger partial charge is 0.407 e. The lowest BCUT2D eigenvalue weighted by Crippen LogP contribution is -2.58. The predicted octanol–water partition coefficient (Wildman–Crippen LogP) is 1.65. The lowest BCUT2D eigenvalue weighted by Gasteiger charge is -2.42. The van der Waals surface area contributed by atoms with E-state index in [-0.39, 0.29) is 13.1 Å². The average Bonchev–Trinajstić information content (AvgIpc) is 2.26. The summed E-state index contributed by atoms with van der Waals surface area (Å²) in [6.45, 7) is -0.286. The minimum absolute atomic E-state index is 0.143. The van der Waals surface area contributed by atoms with E-state index in [2.05, 4.69) is 5.16 Å². The standard InChI is InChI=1S/C11H11FN2O3/c12-11(6-14(7-11)10(15)16)9-3-1-8(2-4-9)5-13-17/h1-5,17H,6-7H2,(H,15,16). The number of hydrogen-bond acceptors (Lipinski definition) is 3. The van der Waals surface area contributed by atoms with Crippen molar-refractivity contribution in [3.8, 4) is 0 Å². The SMILES string of the molecule is O=C(O)N1CC(F)(c2ccc(C=NO)cc2)C1. The molecule has 1 aromatic rings. The number of hydrogen-bond donors (Lipinski definition) is 2. The Bertz CT molecular complexity index is 452. The second-order valence-electron chi connectivity index (χ2n) is 3.97. The lowest BCUT2D eigenvalue weighted by atomic mass is 9.88. The van der Waals surface area contributed by atoms with E-state index in [4.69, 9.17) is 10.3 Å². The van der Waals surface area contributed by atoms with Crippen molar-refractivity contribution in [1.29, 1.82) is 0 Å². The molecule has 6 heteroatoms. The van der Waals surface area contributed by atoms with Crippen LogP contribution in [0.5, 0.6) is 0 Å². The molecule has 2 rings (SSSR count). The van der Waals surface area contributed by atoms with Crippen molar-refractivity contribution in [3.63, 3.8) is 0 Å². The maximum atomic E-state index is 14.2. The van der Waals surface area contributed by atoms with Crippen LogP contribution in [0.2, 0.25) is 0 Å². The largest absolute Gasteiger partial charge is 0.465 e. The van der Waals surface area contributed by atoms with E-state index in [0.29, 0.717) is 11.1 Å². The number of rotatable bonds is 2. The number of carboxylic acid groups (broad SMARTS) is 1. The van der Waals surface area contributed by atoms with Crippen molar-refractivity contribution in [2.45, 2.75) is 5.67 Å². The molecule has 5 nitrogen and oxygen atoms in total. The van der Waals surface area contributed by atoms with Crippen molar-refractivity contribution in [1.82, 2.24) is 4.90 Å². The summed E-state index contributed by atoms with van der Waals surface area (Å²) in [6.07, 6.45) is 0.126. The molecule has 90 valence electrons. The third-order valence-electron chi connectivity index (χ3n) is 2.79. The summed E-state index contributed by atoms with van der Waals surface area (Å²) in [6, 6.07) is 6.35. The number of oxime groups is 1. The van der Waals surface area contributed by atoms with Crippen molar-refractivity contribution in [3.05, 3.63) is 35.4 Å². The van der Waals surface area contributed by atoms with Gasteiger partial charge in [-0.1, -0.05) is 29.4 Å². The van der Waals surface area contributed by atoms with E-state index in [1.165, 1.54) is 6.21 Å². The second-order valence-corrected chi connectivity index (χ2v) is 3.97. The number of alkyl halides is 1. The quantitative estimate of drug-likeness (QED) is 0.467. The molecule has 1 amide bonds. The van der Waals surface area contributed by atoms with Crippen LogP contribution in [0.15, 0.2) is 29.4 Å². The van der Waals surface area contributed by atoms with Crippen molar-refractivity contribution >= 4 is 12.3 Å². The molecule has 1 fully saturated rings. The van der Waals surface area contributed by atoms with E-state index < -0.39 is 11.8 Å². The fraction of sp³-hybridized carbons (Fsp3) is 0.273. The highest BCUT2D eigenvalue weighted by atomic mass is 19.1. The molecular weight excluding hydrogens is 227 g/mol. The van der Waals surface area contributed by atoms with E-state index in [1.54, 1.807) is 24.3 Å². The highest BCUT2D eigenvalue weighted by Crippen LogP contribution is 2.35. The van der Waals surface area contributed by atoms with Crippen LogP contribution >= 0.6 is 0 Å². The summed E-state index contributed by atoms with van der Waals surface area (Å²) < 4.78 is 14.2. The van der Waals surface area contributed by atoms with Crippen molar-refractivity contribution < 1.29 is 19.5 Å². The van der Waals surface area contributed by atoms with Crippen LogP contribution in [0.25, 0.3) is 0 Å². The van der Waals surface area contributed by atoms with Crippen LogP contribution in [0.3, 0.4) is 0 Å². The van der Waals surface area contributed by atoms with Gasteiger partial charge in [-0.2, -0.15) is 0 Å². The van der Waals surface area contributed by atoms with E-state index >= 15 is 0 Å². The first-order chi connectivity index (χ1) is 8.05. The predicted molar refractivity (Wildman–Crippen MR) is 58.2 cm³/mol. The summed E-state index contributed by atoms with van der Waals surface area (Å²) >= 11 is 0. The first-order valence-electron chi connectivity index (χ1n) is 5.00. The molecule has 0 radical (unpaired) electrons. The van der Waals surface area contributed by atoms with Gasteiger partial charge in [0, 0.05) is 0 Å². The molecule has 0 aromatic heterocycles. The Morgan fingerprint density at radius 1 is 1.41 bits per heavy atom. The van der Waals surface area contributed by atoms with E-state index in [9.17, 15) is 9.18 Å². The maximum Gasteiger partial charge on any atom is 0.407 e. The lowest BCUT2D eigenvalue weighted by molar-refractivity contribution is -0.0238. The van der Waals surface area contributed by atoms with Crippen LogP contribution in [-0.2, 0) is 5.67 Å². The summed E-state index contributed by atoms with van der Waals surface area (Å²) in [5, 5.41) is 19.8. The van der Waals surface area contributed by atoms with Crippen molar-refractivity contribution in [2.75, 3.05) is 13.1 Å². The highest BCUT2D eigenvalue weighted by molar-refractivity contribution is 5.79. The molecule has 1 aromatic carbocycles. The number of nitrogens with zero attached hydrogens (tertiary/aromatic N) is 2. The monoisotopic (exact) mass is 238 g/mol. The molecule has 1 aliphatic rings. The molecule has 1 heterocycles. The van der Waals surface area contributed by atoms with Crippen molar-refractivity contribution in [2.24, 2.45) is 5.16 Å². The van der Waals surface area contributed by atoms with Crippen LogP contribution in [0.1, 0.15) is 11.1 Å². The summed E-state index contributed by atoms with van der Waals surface area (Å²) in [5.41, 5.74) is -0.521. The van der Waals surface area contributed by atoms with E-state index in [1.807, 2.05) is 0 Å². The van der Waals surface area contributed by atoms with Gasteiger partial charge in [0.15, 0.2) is 5.67 Å². The Kier molecular flexibility index (Phi) is 2.71. The summed E-state index contributed by atoms with van der Waals surface area (Å²) in [4.78, 5) is 11.6. The van der Waals surface area contributed by atoms with Gasteiger partial charge in [-0.3, -0.25) is 0 Å². The number of halogens is 1. The van der Waals surface area contributed by atoms with Gasteiger partial charge in [0.05, 0.1) is 19.3 Å². The van der Waals surface area contributed by atoms with Crippen LogP contribution in [0.4, 0.5) is 9.18 Å². The zero-order chi connectivity index (χ0) is 12.5. The Balaban J connectivity index is 2.11. The summed E-state index contributed by atoms with van der Waals surface area (Å²) in [5.74, 6) is 0.